The SMILES string of the molecule is CCc1cc(=S)nc(-c2ccc(Br)cc2)[nH]1. The number of H-pyrrole nitrogens is 1. The number of hydrogen-bond acceptors (Lipinski definition) is 2. The minimum atomic E-state index is 0.633. The molecule has 0 saturated heterocycles. The Bertz CT molecular complexity index is 546. The number of hydrogen-bond donors (Lipinski definition) is 1. The Morgan fingerprint density at radius 1 is 1.31 bits per heavy atom. The monoisotopic (exact) mass is 294 g/mol. The van der Waals surface area contributed by atoms with Gasteiger partial charge >= 0.3 is 0 Å². The third-order valence-corrected chi connectivity index (χ3v) is 3.04. The Morgan fingerprint density at radius 3 is 2.62 bits per heavy atom. The van der Waals surface area contributed by atoms with Crippen molar-refractivity contribution < 1.29 is 0 Å². The largest absolute Gasteiger partial charge is 0.343 e. The zero-order valence-electron chi connectivity index (χ0n) is 8.83. The standard InChI is InChI=1S/C12H11BrN2S/c1-2-10-7-11(16)15-12(14-10)8-3-5-9(13)6-4-8/h3-7H,2H2,1H3,(H,14,15,16). The molecule has 0 saturated carbocycles. The second-order valence-electron chi connectivity index (χ2n) is 3.45. The molecule has 1 aromatic carbocycles. The van der Waals surface area contributed by atoms with Crippen molar-refractivity contribution >= 4 is 28.1 Å². The molecule has 0 fully saturated rings. The number of aryl methyl sites for hydroxylation is 1. The van der Waals surface area contributed by atoms with Crippen LogP contribution in [-0.2, 0) is 6.42 Å². The first-order chi connectivity index (χ1) is 7.69. The molecule has 2 aromatic rings. The molecule has 0 aliphatic rings. The van der Waals surface area contributed by atoms with Gasteiger partial charge in [0.1, 0.15) is 10.5 Å². The number of aromatic nitrogens is 2. The van der Waals surface area contributed by atoms with Crippen LogP contribution in [0.1, 0.15) is 12.6 Å². The lowest BCUT2D eigenvalue weighted by Crippen LogP contribution is -1.94. The van der Waals surface area contributed by atoms with E-state index < -0.39 is 0 Å². The first-order valence-corrected chi connectivity index (χ1v) is 6.25. The van der Waals surface area contributed by atoms with Gasteiger partial charge < -0.3 is 4.98 Å². The van der Waals surface area contributed by atoms with Gasteiger partial charge in [0.15, 0.2) is 0 Å². The molecular formula is C12H11BrN2S. The molecule has 2 rings (SSSR count). The Hall–Kier alpha value is -1.00. The third-order valence-electron chi connectivity index (χ3n) is 2.30. The van der Waals surface area contributed by atoms with Gasteiger partial charge in [-0.1, -0.05) is 47.2 Å². The van der Waals surface area contributed by atoms with Crippen LogP contribution in [0.3, 0.4) is 0 Å². The maximum Gasteiger partial charge on any atom is 0.139 e. The van der Waals surface area contributed by atoms with Crippen molar-refractivity contribution in [2.45, 2.75) is 13.3 Å². The Morgan fingerprint density at radius 2 is 2.00 bits per heavy atom. The average molecular weight is 295 g/mol. The minimum Gasteiger partial charge on any atom is -0.343 e. The molecule has 1 heterocycles. The molecular weight excluding hydrogens is 284 g/mol. The molecule has 0 aliphatic heterocycles. The van der Waals surface area contributed by atoms with E-state index in [0.29, 0.717) is 4.64 Å². The molecule has 0 amide bonds. The van der Waals surface area contributed by atoms with Gasteiger partial charge in [0, 0.05) is 15.7 Å². The highest BCUT2D eigenvalue weighted by atomic mass is 79.9. The maximum absolute atomic E-state index is 5.14. The topological polar surface area (TPSA) is 28.7 Å². The van der Waals surface area contributed by atoms with Gasteiger partial charge in [0.05, 0.1) is 0 Å². The molecule has 82 valence electrons. The van der Waals surface area contributed by atoms with E-state index >= 15 is 0 Å². The van der Waals surface area contributed by atoms with Crippen molar-refractivity contribution in [3.05, 3.63) is 45.1 Å². The summed E-state index contributed by atoms with van der Waals surface area (Å²) >= 11 is 8.55. The highest BCUT2D eigenvalue weighted by Crippen LogP contribution is 2.18. The summed E-state index contributed by atoms with van der Waals surface area (Å²) in [6.45, 7) is 2.09. The van der Waals surface area contributed by atoms with E-state index in [2.05, 4.69) is 32.8 Å². The zero-order chi connectivity index (χ0) is 11.5. The summed E-state index contributed by atoms with van der Waals surface area (Å²) < 4.78 is 1.69. The Labute approximate surface area is 108 Å². The van der Waals surface area contributed by atoms with Crippen LogP contribution < -0.4 is 0 Å². The molecule has 1 N–H and O–H groups in total. The molecule has 0 spiro atoms. The number of nitrogens with one attached hydrogen (secondary N) is 1. The van der Waals surface area contributed by atoms with E-state index in [9.17, 15) is 0 Å². The zero-order valence-corrected chi connectivity index (χ0v) is 11.2. The van der Waals surface area contributed by atoms with Crippen LogP contribution in [-0.4, -0.2) is 9.97 Å². The third kappa shape index (κ3) is 2.57. The van der Waals surface area contributed by atoms with Crippen LogP contribution in [0.15, 0.2) is 34.8 Å². The first kappa shape index (κ1) is 11.5. The van der Waals surface area contributed by atoms with Crippen molar-refractivity contribution in [2.75, 3.05) is 0 Å². The molecule has 4 heteroatoms. The Balaban J connectivity index is 2.51. The van der Waals surface area contributed by atoms with E-state index in [1.54, 1.807) is 0 Å². The van der Waals surface area contributed by atoms with Gasteiger partial charge in [0.2, 0.25) is 0 Å². The van der Waals surface area contributed by atoms with Crippen molar-refractivity contribution in [1.29, 1.82) is 0 Å². The molecule has 2 nitrogen and oxygen atoms in total. The summed E-state index contributed by atoms with van der Waals surface area (Å²) in [6, 6.07) is 9.91. The van der Waals surface area contributed by atoms with E-state index in [4.69, 9.17) is 12.2 Å². The molecule has 0 atom stereocenters. The summed E-state index contributed by atoms with van der Waals surface area (Å²) in [5.74, 6) is 0.830. The van der Waals surface area contributed by atoms with Gasteiger partial charge in [-0.15, -0.1) is 0 Å². The fourth-order valence-electron chi connectivity index (χ4n) is 1.44. The van der Waals surface area contributed by atoms with Crippen molar-refractivity contribution in [3.8, 4) is 11.4 Å². The fraction of sp³-hybridized carbons (Fsp3) is 0.167. The van der Waals surface area contributed by atoms with Crippen LogP contribution in [0.2, 0.25) is 0 Å². The first-order valence-electron chi connectivity index (χ1n) is 5.05. The van der Waals surface area contributed by atoms with E-state index in [0.717, 1.165) is 28.0 Å². The van der Waals surface area contributed by atoms with Gasteiger partial charge in [-0.05, 0) is 24.6 Å². The van der Waals surface area contributed by atoms with Crippen LogP contribution in [0.4, 0.5) is 0 Å². The summed E-state index contributed by atoms with van der Waals surface area (Å²) in [5.41, 5.74) is 2.16. The highest BCUT2D eigenvalue weighted by Gasteiger charge is 2.01. The summed E-state index contributed by atoms with van der Waals surface area (Å²) in [5, 5.41) is 0. The van der Waals surface area contributed by atoms with Gasteiger partial charge in [-0.25, -0.2) is 4.98 Å². The van der Waals surface area contributed by atoms with Crippen LogP contribution in [0.5, 0.6) is 0 Å². The Kier molecular flexibility index (Phi) is 3.51. The van der Waals surface area contributed by atoms with E-state index in [1.165, 1.54) is 0 Å². The lowest BCUT2D eigenvalue weighted by atomic mass is 10.2. The normalized spacial score (nSPS) is 10.4. The molecule has 0 bridgehead atoms. The average Bonchev–Trinajstić information content (AvgIpc) is 2.29. The number of benzene rings is 1. The van der Waals surface area contributed by atoms with E-state index in [1.807, 2.05) is 30.3 Å². The van der Waals surface area contributed by atoms with Crippen molar-refractivity contribution in [2.24, 2.45) is 0 Å². The van der Waals surface area contributed by atoms with Crippen molar-refractivity contribution in [1.82, 2.24) is 9.97 Å². The second-order valence-corrected chi connectivity index (χ2v) is 4.79. The molecule has 0 aliphatic carbocycles. The minimum absolute atomic E-state index is 0.633. The van der Waals surface area contributed by atoms with Crippen LogP contribution >= 0.6 is 28.1 Å². The predicted octanol–water partition coefficient (Wildman–Crippen LogP) is 4.13. The summed E-state index contributed by atoms with van der Waals surface area (Å²) in [4.78, 5) is 7.60. The summed E-state index contributed by atoms with van der Waals surface area (Å²) in [7, 11) is 0. The fourth-order valence-corrected chi connectivity index (χ4v) is 1.94. The van der Waals surface area contributed by atoms with Crippen LogP contribution in [0.25, 0.3) is 11.4 Å². The van der Waals surface area contributed by atoms with E-state index in [-0.39, 0.29) is 0 Å². The summed E-state index contributed by atoms with van der Waals surface area (Å²) in [6.07, 6.45) is 0.926. The lowest BCUT2D eigenvalue weighted by Gasteiger charge is -2.04. The smallest absolute Gasteiger partial charge is 0.139 e. The van der Waals surface area contributed by atoms with Gasteiger partial charge in [-0.2, -0.15) is 0 Å². The lowest BCUT2D eigenvalue weighted by molar-refractivity contribution is 0.999. The molecule has 16 heavy (non-hydrogen) atoms. The molecule has 1 aromatic heterocycles. The van der Waals surface area contributed by atoms with Crippen molar-refractivity contribution in [3.63, 3.8) is 0 Å². The number of aromatic amines is 1. The van der Waals surface area contributed by atoms with Gasteiger partial charge in [0.25, 0.3) is 0 Å². The maximum atomic E-state index is 5.14. The molecule has 0 radical (unpaired) electrons. The number of rotatable bonds is 2. The van der Waals surface area contributed by atoms with Gasteiger partial charge in [-0.3, -0.25) is 0 Å². The highest BCUT2D eigenvalue weighted by molar-refractivity contribution is 9.10. The predicted molar refractivity (Wildman–Crippen MR) is 71.9 cm³/mol. The molecule has 0 unspecified atom stereocenters. The number of nitrogens with zero attached hydrogens (tertiary/aromatic N) is 1. The van der Waals surface area contributed by atoms with Crippen LogP contribution in [0, 0.1) is 4.64 Å². The number of halogens is 1. The second kappa shape index (κ2) is 4.89. The quantitative estimate of drug-likeness (QED) is 0.844.